The van der Waals surface area contributed by atoms with Gasteiger partial charge in [-0.15, -0.1) is 0 Å². The van der Waals surface area contributed by atoms with E-state index in [-0.39, 0.29) is 17.7 Å². The second-order valence-corrected chi connectivity index (χ2v) is 9.96. The zero-order valence-electron chi connectivity index (χ0n) is 19.3. The number of aryl methyl sites for hydroxylation is 1. The highest BCUT2D eigenvalue weighted by molar-refractivity contribution is 5.32. The zero-order valence-corrected chi connectivity index (χ0v) is 19.3. The van der Waals surface area contributed by atoms with Crippen LogP contribution in [0, 0.1) is 29.3 Å². The van der Waals surface area contributed by atoms with Crippen molar-refractivity contribution in [2.45, 2.75) is 83.5 Å². The highest BCUT2D eigenvalue weighted by Crippen LogP contribution is 2.41. The van der Waals surface area contributed by atoms with E-state index in [1.54, 1.807) is 6.07 Å². The van der Waals surface area contributed by atoms with Crippen LogP contribution >= 0.6 is 0 Å². The highest BCUT2D eigenvalue weighted by atomic mass is 19.2. The van der Waals surface area contributed by atoms with E-state index in [0.29, 0.717) is 47.3 Å². The van der Waals surface area contributed by atoms with Gasteiger partial charge in [0, 0.05) is 6.07 Å². The lowest BCUT2D eigenvalue weighted by Crippen LogP contribution is -2.20. The van der Waals surface area contributed by atoms with Gasteiger partial charge in [0.1, 0.15) is 11.6 Å². The van der Waals surface area contributed by atoms with Crippen LogP contribution in [0.3, 0.4) is 0 Å². The first kappa shape index (κ1) is 23.2. The maximum atomic E-state index is 15.0. The van der Waals surface area contributed by atoms with Crippen molar-refractivity contribution in [1.29, 1.82) is 0 Å². The molecule has 0 unspecified atom stereocenters. The van der Waals surface area contributed by atoms with Crippen LogP contribution in [0.15, 0.2) is 30.3 Å². The molecule has 174 valence electrons. The molecule has 0 spiro atoms. The Morgan fingerprint density at radius 1 is 0.781 bits per heavy atom. The minimum absolute atomic E-state index is 0.0578. The van der Waals surface area contributed by atoms with Gasteiger partial charge in [0.25, 0.3) is 0 Å². The summed E-state index contributed by atoms with van der Waals surface area (Å²) in [6.45, 7) is 4.70. The van der Waals surface area contributed by atoms with Gasteiger partial charge in [0.2, 0.25) is 0 Å². The summed E-state index contributed by atoms with van der Waals surface area (Å²) in [5, 5.41) is 0. The summed E-state index contributed by atoms with van der Waals surface area (Å²) in [5.41, 5.74) is 1.80. The van der Waals surface area contributed by atoms with Crippen molar-refractivity contribution in [2.75, 3.05) is 6.61 Å². The monoisotopic (exact) mass is 444 g/mol. The van der Waals surface area contributed by atoms with E-state index in [4.69, 9.17) is 4.74 Å². The van der Waals surface area contributed by atoms with Crippen molar-refractivity contribution in [3.05, 3.63) is 64.5 Å². The quantitative estimate of drug-likeness (QED) is 0.435. The largest absolute Gasteiger partial charge is 0.493 e. The lowest BCUT2D eigenvalue weighted by molar-refractivity contribution is 0.198. The van der Waals surface area contributed by atoms with Crippen molar-refractivity contribution in [2.24, 2.45) is 11.8 Å². The number of benzene rings is 2. The van der Waals surface area contributed by atoms with Crippen LogP contribution in [0.1, 0.15) is 93.7 Å². The molecule has 2 aliphatic carbocycles. The van der Waals surface area contributed by atoms with Gasteiger partial charge in [0.15, 0.2) is 11.6 Å². The molecule has 2 aromatic carbocycles. The van der Waals surface area contributed by atoms with Crippen LogP contribution in [-0.4, -0.2) is 6.61 Å². The minimum atomic E-state index is -0.632. The van der Waals surface area contributed by atoms with E-state index >= 15 is 4.39 Å². The molecule has 0 atom stereocenters. The Morgan fingerprint density at radius 3 is 1.88 bits per heavy atom. The molecule has 2 aliphatic rings. The minimum Gasteiger partial charge on any atom is -0.493 e. The Hall–Kier alpha value is -1.97. The lowest BCUT2D eigenvalue weighted by Gasteiger charge is -2.30. The summed E-state index contributed by atoms with van der Waals surface area (Å²) in [7, 11) is 0. The molecule has 0 saturated heterocycles. The summed E-state index contributed by atoms with van der Waals surface area (Å²) < 4.78 is 49.7. The number of halogens is 3. The van der Waals surface area contributed by atoms with E-state index in [1.165, 1.54) is 6.07 Å². The molecule has 2 saturated carbocycles. The first-order valence-electron chi connectivity index (χ1n) is 12.3. The molecule has 0 aliphatic heterocycles. The molecule has 1 nitrogen and oxygen atoms in total. The average Bonchev–Trinajstić information content (AvgIpc) is 2.81. The van der Waals surface area contributed by atoms with E-state index in [1.807, 2.05) is 25.1 Å². The molecular formula is C28H35F3O. The third-order valence-electron chi connectivity index (χ3n) is 7.78. The van der Waals surface area contributed by atoms with E-state index in [2.05, 4.69) is 6.92 Å². The summed E-state index contributed by atoms with van der Waals surface area (Å²) in [6.07, 6.45) is 8.22. The normalized spacial score (nSPS) is 26.2. The molecule has 4 heteroatoms. The molecule has 0 N–H and O–H groups in total. The molecule has 0 bridgehead atoms. The van der Waals surface area contributed by atoms with E-state index in [9.17, 15) is 8.78 Å². The number of ether oxygens (including phenoxy) is 1. The fourth-order valence-electron chi connectivity index (χ4n) is 5.54. The molecular weight excluding hydrogens is 409 g/mol. The van der Waals surface area contributed by atoms with Crippen LogP contribution in [0.25, 0.3) is 0 Å². The summed E-state index contributed by atoms with van der Waals surface area (Å²) in [5.74, 6) is 0.336. The SMILES string of the molecule is CCc1ccc(OCC2CCC(c3ccc(C4CCC(C)CC4)c(F)c3F)CC2)cc1F. The van der Waals surface area contributed by atoms with Gasteiger partial charge in [0.05, 0.1) is 6.61 Å². The van der Waals surface area contributed by atoms with Gasteiger partial charge in [-0.1, -0.05) is 44.9 Å². The fraction of sp³-hybridized carbons (Fsp3) is 0.571. The van der Waals surface area contributed by atoms with Crippen molar-refractivity contribution in [3.8, 4) is 5.75 Å². The highest BCUT2D eigenvalue weighted by Gasteiger charge is 2.29. The molecule has 0 heterocycles. The van der Waals surface area contributed by atoms with Crippen LogP contribution in [-0.2, 0) is 6.42 Å². The van der Waals surface area contributed by atoms with Gasteiger partial charge >= 0.3 is 0 Å². The van der Waals surface area contributed by atoms with Crippen molar-refractivity contribution in [1.82, 2.24) is 0 Å². The number of rotatable bonds is 6. The molecule has 0 amide bonds. The Kier molecular flexibility index (Phi) is 7.48. The molecule has 4 rings (SSSR count). The Morgan fingerprint density at radius 2 is 1.34 bits per heavy atom. The third-order valence-corrected chi connectivity index (χ3v) is 7.78. The van der Waals surface area contributed by atoms with Crippen LogP contribution in [0.4, 0.5) is 13.2 Å². The van der Waals surface area contributed by atoms with Crippen LogP contribution in [0.2, 0.25) is 0 Å². The Labute approximate surface area is 190 Å². The zero-order chi connectivity index (χ0) is 22.7. The van der Waals surface area contributed by atoms with Crippen LogP contribution in [0.5, 0.6) is 5.75 Å². The molecule has 32 heavy (non-hydrogen) atoms. The second-order valence-electron chi connectivity index (χ2n) is 9.96. The third kappa shape index (κ3) is 5.15. The lowest BCUT2D eigenvalue weighted by atomic mass is 9.76. The van der Waals surface area contributed by atoms with E-state index < -0.39 is 11.6 Å². The Bertz CT molecular complexity index is 909. The number of hydrogen-bond acceptors (Lipinski definition) is 1. The van der Waals surface area contributed by atoms with Crippen molar-refractivity contribution >= 4 is 0 Å². The molecule has 2 aromatic rings. The molecule has 0 radical (unpaired) electrons. The van der Waals surface area contributed by atoms with Crippen LogP contribution < -0.4 is 4.74 Å². The topological polar surface area (TPSA) is 9.23 Å². The molecule has 0 aromatic heterocycles. The summed E-state index contributed by atoms with van der Waals surface area (Å²) in [4.78, 5) is 0. The first-order chi connectivity index (χ1) is 15.5. The number of hydrogen-bond donors (Lipinski definition) is 0. The van der Waals surface area contributed by atoms with Crippen molar-refractivity contribution in [3.63, 3.8) is 0 Å². The van der Waals surface area contributed by atoms with Gasteiger partial charge in [-0.2, -0.15) is 0 Å². The maximum absolute atomic E-state index is 15.0. The second kappa shape index (κ2) is 10.3. The summed E-state index contributed by atoms with van der Waals surface area (Å²) >= 11 is 0. The fourth-order valence-corrected chi connectivity index (χ4v) is 5.54. The first-order valence-corrected chi connectivity index (χ1v) is 12.3. The summed E-state index contributed by atoms with van der Waals surface area (Å²) in [6, 6.07) is 8.73. The van der Waals surface area contributed by atoms with Gasteiger partial charge in [-0.3, -0.25) is 0 Å². The Balaban J connectivity index is 1.33. The van der Waals surface area contributed by atoms with Gasteiger partial charge in [-0.25, -0.2) is 13.2 Å². The average molecular weight is 445 g/mol. The maximum Gasteiger partial charge on any atom is 0.162 e. The standard InChI is InChI=1S/C28H35F3O/c1-3-20-12-13-23(16-26(20)29)32-17-19-6-10-22(11-7-19)25-15-14-24(27(30)28(25)31)21-8-4-18(2)5-9-21/h12-16,18-19,21-22H,3-11,17H2,1-2H3. The van der Waals surface area contributed by atoms with E-state index in [0.717, 1.165) is 51.4 Å². The predicted octanol–water partition coefficient (Wildman–Crippen LogP) is 8.31. The molecule has 2 fully saturated rings. The van der Waals surface area contributed by atoms with Gasteiger partial charge < -0.3 is 4.74 Å². The smallest absolute Gasteiger partial charge is 0.162 e. The predicted molar refractivity (Wildman–Crippen MR) is 123 cm³/mol. The van der Waals surface area contributed by atoms with Gasteiger partial charge in [-0.05, 0) is 91.4 Å². The van der Waals surface area contributed by atoms with Crippen molar-refractivity contribution < 1.29 is 17.9 Å².